The summed E-state index contributed by atoms with van der Waals surface area (Å²) >= 11 is 4.26. The summed E-state index contributed by atoms with van der Waals surface area (Å²) in [4.78, 5) is 15.1. The van der Waals surface area contributed by atoms with Crippen LogP contribution in [0.15, 0.2) is 15.6 Å². The Morgan fingerprint density at radius 2 is 1.89 bits per heavy atom. The third kappa shape index (κ3) is 9.07. The van der Waals surface area contributed by atoms with Gasteiger partial charge in [-0.2, -0.15) is 0 Å². The van der Waals surface area contributed by atoms with Crippen molar-refractivity contribution in [2.75, 3.05) is 13.7 Å². The van der Waals surface area contributed by atoms with Crippen LogP contribution in [0.5, 0.6) is 0 Å². The summed E-state index contributed by atoms with van der Waals surface area (Å²) in [6.07, 6.45) is 0.923. The predicted molar refractivity (Wildman–Crippen MR) is 79.7 cm³/mol. The van der Waals surface area contributed by atoms with Gasteiger partial charge >= 0.3 is 0 Å². The van der Waals surface area contributed by atoms with Crippen LogP contribution < -0.4 is 10.6 Å². The highest BCUT2D eigenvalue weighted by atomic mass is 32.1. The van der Waals surface area contributed by atoms with Gasteiger partial charge in [-0.05, 0) is 18.9 Å². The zero-order valence-electron chi connectivity index (χ0n) is 11.9. The van der Waals surface area contributed by atoms with E-state index in [0.29, 0.717) is 11.0 Å². The van der Waals surface area contributed by atoms with Crippen LogP contribution in [0.4, 0.5) is 0 Å². The first kappa shape index (κ1) is 19.3. The second-order valence-corrected chi connectivity index (χ2v) is 3.65. The third-order valence-corrected chi connectivity index (χ3v) is 2.49. The zero-order valence-corrected chi connectivity index (χ0v) is 12.8. The number of guanidine groups is 1. The lowest BCUT2D eigenvalue weighted by Gasteiger charge is -2.12. The molecule has 0 radical (unpaired) electrons. The van der Waals surface area contributed by atoms with Crippen LogP contribution in [-0.4, -0.2) is 30.6 Å². The number of rotatable bonds is 4. The molecule has 0 aromatic heterocycles. The van der Waals surface area contributed by atoms with E-state index < -0.39 is 0 Å². The summed E-state index contributed by atoms with van der Waals surface area (Å²) < 4.78 is 0. The van der Waals surface area contributed by atoms with Crippen molar-refractivity contribution >= 4 is 24.5 Å². The summed E-state index contributed by atoms with van der Waals surface area (Å²) in [5, 5.41) is 14.7. The standard InChI is InChI=1S/C10H19N3O2S.C2H6/c1-4-7(2)9(16)13-10(11-3)12-8(15)5-6-14;1-2/h14,16H,4-6H2,1-3H3,(H2,11,12,13,15);1-2H3/b9-7-;. The van der Waals surface area contributed by atoms with Gasteiger partial charge in [0.15, 0.2) is 0 Å². The Morgan fingerprint density at radius 1 is 1.33 bits per heavy atom. The molecule has 0 aliphatic heterocycles. The van der Waals surface area contributed by atoms with Gasteiger partial charge in [0.05, 0.1) is 18.1 Å². The first-order valence-corrected chi connectivity index (χ1v) is 6.53. The minimum absolute atomic E-state index is 0.0546. The quantitative estimate of drug-likeness (QED) is 0.358. The molecule has 5 nitrogen and oxygen atoms in total. The van der Waals surface area contributed by atoms with Crippen LogP contribution in [0.25, 0.3) is 0 Å². The van der Waals surface area contributed by atoms with Gasteiger partial charge in [-0.15, -0.1) is 12.6 Å². The lowest BCUT2D eigenvalue weighted by Crippen LogP contribution is -2.40. The van der Waals surface area contributed by atoms with Crippen molar-refractivity contribution in [1.29, 1.82) is 0 Å². The van der Waals surface area contributed by atoms with E-state index in [4.69, 9.17) is 5.11 Å². The number of aliphatic hydroxyl groups excluding tert-OH is 1. The molecule has 0 unspecified atom stereocenters. The molecule has 0 rings (SSSR count). The summed E-state index contributed by atoms with van der Waals surface area (Å²) in [7, 11) is 1.56. The number of hydrogen-bond donors (Lipinski definition) is 4. The fourth-order valence-electron chi connectivity index (χ4n) is 0.825. The molecule has 0 saturated heterocycles. The SMILES string of the molecule is CC.CC/C(C)=C(\S)NC(=NC)NC(=O)CCO. The lowest BCUT2D eigenvalue weighted by molar-refractivity contribution is -0.120. The number of carbonyl (C=O) groups is 1. The number of aliphatic imine (C=N–C) groups is 1. The minimum atomic E-state index is -0.286. The summed E-state index contributed by atoms with van der Waals surface area (Å²) in [6.45, 7) is 7.78. The van der Waals surface area contributed by atoms with Gasteiger partial charge in [0.1, 0.15) is 0 Å². The second-order valence-electron chi connectivity index (χ2n) is 3.20. The molecular weight excluding hydrogens is 250 g/mol. The topological polar surface area (TPSA) is 73.7 Å². The largest absolute Gasteiger partial charge is 0.396 e. The first-order chi connectivity index (χ1) is 8.54. The highest BCUT2D eigenvalue weighted by Crippen LogP contribution is 2.07. The summed E-state index contributed by atoms with van der Waals surface area (Å²) in [5.74, 6) is 0.0436. The van der Waals surface area contributed by atoms with Crippen LogP contribution >= 0.6 is 12.6 Å². The van der Waals surface area contributed by atoms with Gasteiger partial charge in [0.2, 0.25) is 11.9 Å². The van der Waals surface area contributed by atoms with Crippen LogP contribution in [0, 0.1) is 0 Å². The number of allylic oxidation sites excluding steroid dienone is 1. The van der Waals surface area contributed by atoms with Crippen LogP contribution in [0.3, 0.4) is 0 Å². The summed E-state index contributed by atoms with van der Waals surface area (Å²) in [6, 6.07) is 0. The average Bonchev–Trinajstić information content (AvgIpc) is 2.39. The maximum absolute atomic E-state index is 11.2. The van der Waals surface area contributed by atoms with Crippen molar-refractivity contribution in [1.82, 2.24) is 10.6 Å². The van der Waals surface area contributed by atoms with Crippen LogP contribution in [-0.2, 0) is 4.79 Å². The molecule has 0 atom stereocenters. The Balaban J connectivity index is 0. The molecule has 6 heteroatoms. The van der Waals surface area contributed by atoms with Gasteiger partial charge in [0.25, 0.3) is 0 Å². The molecule has 0 heterocycles. The molecule has 1 amide bonds. The molecule has 0 spiro atoms. The maximum Gasteiger partial charge on any atom is 0.228 e. The number of nitrogens with zero attached hydrogens (tertiary/aromatic N) is 1. The summed E-state index contributed by atoms with van der Waals surface area (Å²) in [5.41, 5.74) is 1.07. The smallest absolute Gasteiger partial charge is 0.228 e. The molecule has 0 aromatic carbocycles. The first-order valence-electron chi connectivity index (χ1n) is 6.08. The minimum Gasteiger partial charge on any atom is -0.396 e. The Kier molecular flexibility index (Phi) is 13.4. The lowest BCUT2D eigenvalue weighted by atomic mass is 10.2. The van der Waals surface area contributed by atoms with Gasteiger partial charge in [-0.25, -0.2) is 0 Å². The molecule has 0 aromatic rings. The van der Waals surface area contributed by atoms with E-state index in [1.54, 1.807) is 7.05 Å². The number of thiol groups is 1. The monoisotopic (exact) mass is 275 g/mol. The highest BCUT2D eigenvalue weighted by Gasteiger charge is 2.06. The van der Waals surface area contributed by atoms with E-state index >= 15 is 0 Å². The van der Waals surface area contributed by atoms with Gasteiger partial charge < -0.3 is 10.4 Å². The van der Waals surface area contributed by atoms with E-state index in [0.717, 1.165) is 12.0 Å². The van der Waals surface area contributed by atoms with Crippen molar-refractivity contribution in [2.45, 2.75) is 40.5 Å². The molecule has 106 valence electrons. The Hall–Kier alpha value is -1.01. The van der Waals surface area contributed by atoms with Crippen molar-refractivity contribution < 1.29 is 9.90 Å². The Morgan fingerprint density at radius 3 is 2.28 bits per heavy atom. The van der Waals surface area contributed by atoms with Gasteiger partial charge in [0, 0.05) is 7.05 Å². The molecule has 0 aliphatic carbocycles. The fraction of sp³-hybridized carbons (Fsp3) is 0.667. The van der Waals surface area contributed by atoms with Crippen molar-refractivity contribution in [3.8, 4) is 0 Å². The number of hydrogen-bond acceptors (Lipinski definition) is 4. The zero-order chi connectivity index (χ0) is 14.6. The molecule has 0 saturated carbocycles. The molecule has 0 bridgehead atoms. The Labute approximate surface area is 115 Å². The molecule has 0 fully saturated rings. The van der Waals surface area contributed by atoms with Crippen LogP contribution in [0.1, 0.15) is 40.5 Å². The molecule has 18 heavy (non-hydrogen) atoms. The third-order valence-electron chi connectivity index (χ3n) is 1.99. The fourth-order valence-corrected chi connectivity index (χ4v) is 1.09. The number of amides is 1. The predicted octanol–water partition coefficient (Wildman–Crippen LogP) is 1.66. The van der Waals surface area contributed by atoms with Crippen molar-refractivity contribution in [2.24, 2.45) is 4.99 Å². The Bertz CT molecular complexity index is 302. The average molecular weight is 275 g/mol. The van der Waals surface area contributed by atoms with Gasteiger partial charge in [-0.1, -0.05) is 20.8 Å². The molecule has 3 N–H and O–H groups in total. The van der Waals surface area contributed by atoms with Gasteiger partial charge in [-0.3, -0.25) is 15.1 Å². The number of aliphatic hydroxyl groups is 1. The van der Waals surface area contributed by atoms with E-state index in [9.17, 15) is 4.79 Å². The van der Waals surface area contributed by atoms with E-state index in [1.165, 1.54) is 0 Å². The van der Waals surface area contributed by atoms with Crippen molar-refractivity contribution in [3.63, 3.8) is 0 Å². The molecule has 0 aliphatic rings. The highest BCUT2D eigenvalue weighted by molar-refractivity contribution is 7.84. The van der Waals surface area contributed by atoms with Crippen molar-refractivity contribution in [3.05, 3.63) is 10.6 Å². The normalized spacial score (nSPS) is 12.1. The van der Waals surface area contributed by atoms with E-state index in [-0.39, 0.29) is 18.9 Å². The number of nitrogens with one attached hydrogen (secondary N) is 2. The van der Waals surface area contributed by atoms with Crippen LogP contribution in [0.2, 0.25) is 0 Å². The maximum atomic E-state index is 11.2. The van der Waals surface area contributed by atoms with E-state index in [1.807, 2.05) is 27.7 Å². The molecular formula is C12H25N3O2S. The second kappa shape index (κ2) is 12.4. The van der Waals surface area contributed by atoms with E-state index in [2.05, 4.69) is 28.3 Å². The number of carbonyl (C=O) groups excluding carboxylic acids is 1.